The summed E-state index contributed by atoms with van der Waals surface area (Å²) >= 11 is 0. The zero-order valence-electron chi connectivity index (χ0n) is 13.6. The molecule has 0 fully saturated rings. The first kappa shape index (κ1) is 22.2. The van der Waals surface area contributed by atoms with Crippen molar-refractivity contribution in [1.29, 1.82) is 0 Å². The Balaban J connectivity index is 0.00000264. The van der Waals surface area contributed by atoms with E-state index >= 15 is 0 Å². The van der Waals surface area contributed by atoms with E-state index in [2.05, 4.69) is 10.3 Å². The predicted molar refractivity (Wildman–Crippen MR) is 101 cm³/mol. The number of ether oxygens (including phenoxy) is 1. The monoisotopic (exact) mass is 371 g/mol. The number of hydrogen-bond acceptors (Lipinski definition) is 4. The molecule has 0 aliphatic heterocycles. The number of aromatic nitrogens is 1. The minimum absolute atomic E-state index is 0. The van der Waals surface area contributed by atoms with E-state index in [1.54, 1.807) is 36.7 Å². The van der Waals surface area contributed by atoms with Gasteiger partial charge in [-0.2, -0.15) is 0 Å². The number of carbonyl (C=O) groups is 1. The van der Waals surface area contributed by atoms with Gasteiger partial charge in [-0.05, 0) is 36.6 Å². The molecule has 0 saturated heterocycles. The third kappa shape index (κ3) is 7.17. The van der Waals surface area contributed by atoms with E-state index in [1.807, 2.05) is 26.0 Å². The highest BCUT2D eigenvalue weighted by Crippen LogP contribution is 2.23. The number of nitrogens with zero attached hydrogens (tertiary/aromatic N) is 1. The van der Waals surface area contributed by atoms with Crippen LogP contribution in [0, 0.1) is 5.92 Å². The Morgan fingerprint density at radius 1 is 1.17 bits per heavy atom. The maximum atomic E-state index is 12.0. The van der Waals surface area contributed by atoms with Crippen LogP contribution < -0.4 is 15.8 Å². The van der Waals surface area contributed by atoms with Gasteiger partial charge in [0.2, 0.25) is 5.91 Å². The number of halogens is 2. The standard InChI is InChI=1S/C17H21N3O2.2ClH/c1-12(2)10-16(18)17(21)20-13-4-3-5-15(11-13)22-14-6-8-19-9-7-14;;/h3-9,11-12,16H,10,18H2,1-2H3,(H,20,21);2*1H/t16-;;/m0../s1. The first-order valence-electron chi connectivity index (χ1n) is 7.29. The zero-order chi connectivity index (χ0) is 15.9. The van der Waals surface area contributed by atoms with Crippen LogP contribution in [0.1, 0.15) is 20.3 Å². The molecule has 0 aliphatic carbocycles. The molecule has 2 aromatic rings. The second-order valence-electron chi connectivity index (χ2n) is 5.54. The van der Waals surface area contributed by atoms with Gasteiger partial charge in [0.15, 0.2) is 0 Å². The molecular formula is C17H23Cl2N3O2. The van der Waals surface area contributed by atoms with Crippen LogP contribution in [0.5, 0.6) is 11.5 Å². The van der Waals surface area contributed by atoms with E-state index in [0.717, 1.165) is 0 Å². The fourth-order valence-electron chi connectivity index (χ4n) is 2.03. The quantitative estimate of drug-likeness (QED) is 0.803. The molecule has 0 spiro atoms. The first-order valence-corrected chi connectivity index (χ1v) is 7.29. The Morgan fingerprint density at radius 2 is 1.83 bits per heavy atom. The van der Waals surface area contributed by atoms with Crippen LogP contribution in [0.3, 0.4) is 0 Å². The largest absolute Gasteiger partial charge is 0.457 e. The average molecular weight is 372 g/mol. The highest BCUT2D eigenvalue weighted by atomic mass is 35.5. The lowest BCUT2D eigenvalue weighted by atomic mass is 10.0. The van der Waals surface area contributed by atoms with Crippen molar-refractivity contribution >= 4 is 36.4 Å². The molecule has 132 valence electrons. The van der Waals surface area contributed by atoms with Gasteiger partial charge in [0, 0.05) is 24.1 Å². The van der Waals surface area contributed by atoms with Crippen LogP contribution in [-0.4, -0.2) is 16.9 Å². The summed E-state index contributed by atoms with van der Waals surface area (Å²) in [5.74, 6) is 1.52. The van der Waals surface area contributed by atoms with Crippen LogP contribution >= 0.6 is 24.8 Å². The van der Waals surface area contributed by atoms with E-state index in [-0.39, 0.29) is 30.7 Å². The summed E-state index contributed by atoms with van der Waals surface area (Å²) in [4.78, 5) is 16.0. The van der Waals surface area contributed by atoms with Crippen LogP contribution in [0.15, 0.2) is 48.8 Å². The Kier molecular flexibility index (Phi) is 10.0. The fraction of sp³-hybridized carbons (Fsp3) is 0.294. The van der Waals surface area contributed by atoms with E-state index in [4.69, 9.17) is 10.5 Å². The number of carbonyl (C=O) groups excluding carboxylic acids is 1. The van der Waals surface area contributed by atoms with E-state index in [0.29, 0.717) is 29.5 Å². The highest BCUT2D eigenvalue weighted by molar-refractivity contribution is 5.94. The van der Waals surface area contributed by atoms with Crippen molar-refractivity contribution in [1.82, 2.24) is 4.98 Å². The van der Waals surface area contributed by atoms with Gasteiger partial charge in [-0.3, -0.25) is 9.78 Å². The molecule has 5 nitrogen and oxygen atoms in total. The van der Waals surface area contributed by atoms with E-state index in [1.165, 1.54) is 0 Å². The summed E-state index contributed by atoms with van der Waals surface area (Å²) in [6.07, 6.45) is 3.97. The van der Waals surface area contributed by atoms with E-state index < -0.39 is 6.04 Å². The van der Waals surface area contributed by atoms with Gasteiger partial charge in [-0.1, -0.05) is 19.9 Å². The SMILES string of the molecule is CC(C)C[C@H](N)C(=O)Nc1cccc(Oc2ccncc2)c1.Cl.Cl. The molecular weight excluding hydrogens is 349 g/mol. The van der Waals surface area contributed by atoms with Crippen molar-refractivity contribution < 1.29 is 9.53 Å². The van der Waals surface area contributed by atoms with Gasteiger partial charge in [0.1, 0.15) is 11.5 Å². The third-order valence-electron chi connectivity index (χ3n) is 3.05. The van der Waals surface area contributed by atoms with Crippen LogP contribution in [0.2, 0.25) is 0 Å². The zero-order valence-corrected chi connectivity index (χ0v) is 15.3. The molecule has 0 aliphatic rings. The summed E-state index contributed by atoms with van der Waals surface area (Å²) in [7, 11) is 0. The molecule has 1 amide bonds. The number of pyridine rings is 1. The number of rotatable bonds is 6. The number of amides is 1. The summed E-state index contributed by atoms with van der Waals surface area (Å²) in [5.41, 5.74) is 6.54. The first-order chi connectivity index (χ1) is 10.5. The summed E-state index contributed by atoms with van der Waals surface area (Å²) in [5, 5.41) is 2.82. The molecule has 3 N–H and O–H groups in total. The molecule has 1 heterocycles. The topological polar surface area (TPSA) is 77.2 Å². The van der Waals surface area contributed by atoms with Crippen molar-refractivity contribution in [3.8, 4) is 11.5 Å². The lowest BCUT2D eigenvalue weighted by Gasteiger charge is -2.14. The molecule has 7 heteroatoms. The molecule has 2 rings (SSSR count). The normalized spacial score (nSPS) is 11.0. The van der Waals surface area contributed by atoms with Crippen molar-refractivity contribution in [3.63, 3.8) is 0 Å². The number of nitrogens with two attached hydrogens (primary N) is 1. The average Bonchev–Trinajstić information content (AvgIpc) is 2.48. The lowest BCUT2D eigenvalue weighted by Crippen LogP contribution is -2.36. The van der Waals surface area contributed by atoms with Crippen LogP contribution in [0.25, 0.3) is 0 Å². The van der Waals surface area contributed by atoms with E-state index in [9.17, 15) is 4.79 Å². The molecule has 0 bridgehead atoms. The maximum absolute atomic E-state index is 12.0. The molecule has 1 atom stereocenters. The molecule has 0 unspecified atom stereocenters. The Morgan fingerprint density at radius 3 is 2.46 bits per heavy atom. The highest BCUT2D eigenvalue weighted by Gasteiger charge is 2.15. The van der Waals surface area contributed by atoms with Crippen molar-refractivity contribution in [3.05, 3.63) is 48.8 Å². The number of hydrogen-bond donors (Lipinski definition) is 2. The lowest BCUT2D eigenvalue weighted by molar-refractivity contribution is -0.117. The number of benzene rings is 1. The second kappa shape index (κ2) is 10.9. The Bertz CT molecular complexity index is 624. The Labute approximate surface area is 154 Å². The van der Waals surface area contributed by atoms with Gasteiger partial charge in [0.25, 0.3) is 0 Å². The molecule has 0 saturated carbocycles. The minimum atomic E-state index is -0.509. The Hall–Kier alpha value is -1.82. The van der Waals surface area contributed by atoms with Gasteiger partial charge < -0.3 is 15.8 Å². The summed E-state index contributed by atoms with van der Waals surface area (Å²) in [6, 6.07) is 10.2. The summed E-state index contributed by atoms with van der Waals surface area (Å²) in [6.45, 7) is 4.08. The smallest absolute Gasteiger partial charge is 0.241 e. The molecule has 24 heavy (non-hydrogen) atoms. The predicted octanol–water partition coefficient (Wildman–Crippen LogP) is 4.03. The fourth-order valence-corrected chi connectivity index (χ4v) is 2.03. The molecule has 1 aromatic heterocycles. The second-order valence-corrected chi connectivity index (χ2v) is 5.54. The van der Waals surface area contributed by atoms with Crippen LogP contribution in [-0.2, 0) is 4.79 Å². The number of anilines is 1. The summed E-state index contributed by atoms with van der Waals surface area (Å²) < 4.78 is 5.70. The maximum Gasteiger partial charge on any atom is 0.241 e. The third-order valence-corrected chi connectivity index (χ3v) is 3.05. The van der Waals surface area contributed by atoms with Crippen molar-refractivity contribution in [2.45, 2.75) is 26.3 Å². The van der Waals surface area contributed by atoms with Gasteiger partial charge in [0.05, 0.1) is 6.04 Å². The van der Waals surface area contributed by atoms with Crippen molar-refractivity contribution in [2.75, 3.05) is 5.32 Å². The molecule has 0 radical (unpaired) electrons. The van der Waals surface area contributed by atoms with Gasteiger partial charge in [-0.25, -0.2) is 0 Å². The van der Waals surface area contributed by atoms with Crippen LogP contribution in [0.4, 0.5) is 5.69 Å². The minimum Gasteiger partial charge on any atom is -0.457 e. The van der Waals surface area contributed by atoms with Crippen molar-refractivity contribution in [2.24, 2.45) is 11.7 Å². The number of nitrogens with one attached hydrogen (secondary N) is 1. The van der Waals surface area contributed by atoms with Gasteiger partial charge >= 0.3 is 0 Å². The van der Waals surface area contributed by atoms with Gasteiger partial charge in [-0.15, -0.1) is 24.8 Å². The molecule has 1 aromatic carbocycles.